The topological polar surface area (TPSA) is 73.0 Å². The lowest BCUT2D eigenvalue weighted by Gasteiger charge is -2.14. The molecule has 0 atom stereocenters. The summed E-state index contributed by atoms with van der Waals surface area (Å²) in [5.74, 6) is 0.0453. The quantitative estimate of drug-likeness (QED) is 0.534. The maximum absolute atomic E-state index is 9.34. The van der Waals surface area contributed by atoms with E-state index in [0.717, 1.165) is 18.4 Å². The zero-order valence-corrected chi connectivity index (χ0v) is 7.51. The van der Waals surface area contributed by atoms with E-state index in [0.29, 0.717) is 5.69 Å². The van der Waals surface area contributed by atoms with Crippen molar-refractivity contribution in [3.63, 3.8) is 0 Å². The molecule has 5 heteroatoms. The molecule has 1 aromatic carbocycles. The van der Waals surface area contributed by atoms with Gasteiger partial charge in [-0.05, 0) is 30.5 Å². The van der Waals surface area contributed by atoms with Crippen molar-refractivity contribution in [2.24, 2.45) is 4.99 Å². The van der Waals surface area contributed by atoms with E-state index < -0.39 is 7.12 Å². The average Bonchev–Trinajstić information content (AvgIpc) is 2.16. The Bertz CT molecular complexity index is 390. The second-order valence-electron chi connectivity index (χ2n) is 3.27. The molecular formula is C9H10BNO3. The third-order valence-corrected chi connectivity index (χ3v) is 2.24. The molecule has 0 radical (unpaired) electrons. The van der Waals surface area contributed by atoms with Crippen LogP contribution in [0.25, 0.3) is 0 Å². The minimum absolute atomic E-state index is 0.0453. The molecule has 0 saturated carbocycles. The minimum Gasteiger partial charge on any atom is -0.508 e. The average molecular weight is 191 g/mol. The van der Waals surface area contributed by atoms with Gasteiger partial charge in [-0.15, -0.1) is 0 Å². The largest absolute Gasteiger partial charge is 0.508 e. The maximum Gasteiger partial charge on any atom is 0.490 e. The van der Waals surface area contributed by atoms with Gasteiger partial charge in [-0.3, -0.25) is 4.99 Å². The van der Waals surface area contributed by atoms with E-state index in [1.54, 1.807) is 12.3 Å². The number of aliphatic imine (C=N–C) groups is 1. The van der Waals surface area contributed by atoms with Gasteiger partial charge in [0.2, 0.25) is 0 Å². The van der Waals surface area contributed by atoms with Gasteiger partial charge in [0.15, 0.2) is 0 Å². The van der Waals surface area contributed by atoms with Crippen LogP contribution in [0, 0.1) is 0 Å². The molecule has 72 valence electrons. The van der Waals surface area contributed by atoms with E-state index in [1.807, 2.05) is 0 Å². The van der Waals surface area contributed by atoms with E-state index in [-0.39, 0.29) is 11.2 Å². The van der Waals surface area contributed by atoms with E-state index >= 15 is 0 Å². The number of fused-ring (bicyclic) bond motifs is 1. The second-order valence-corrected chi connectivity index (χ2v) is 3.27. The first-order valence-electron chi connectivity index (χ1n) is 4.43. The highest BCUT2D eigenvalue weighted by molar-refractivity contribution is 6.60. The highest BCUT2D eigenvalue weighted by Crippen LogP contribution is 2.25. The molecule has 0 aliphatic carbocycles. The molecule has 4 nitrogen and oxygen atoms in total. The summed E-state index contributed by atoms with van der Waals surface area (Å²) >= 11 is 0. The lowest BCUT2D eigenvalue weighted by molar-refractivity contribution is 0.424. The Labute approximate surface area is 81.7 Å². The predicted molar refractivity (Wildman–Crippen MR) is 54.4 cm³/mol. The third-order valence-electron chi connectivity index (χ3n) is 2.24. The molecule has 1 heterocycles. The normalized spacial score (nSPS) is 13.9. The lowest BCUT2D eigenvalue weighted by atomic mass is 9.77. The maximum atomic E-state index is 9.34. The Morgan fingerprint density at radius 1 is 1.29 bits per heavy atom. The van der Waals surface area contributed by atoms with Gasteiger partial charge in [0, 0.05) is 11.7 Å². The minimum atomic E-state index is -1.59. The molecule has 0 aromatic heterocycles. The van der Waals surface area contributed by atoms with Crippen LogP contribution in [0.3, 0.4) is 0 Å². The van der Waals surface area contributed by atoms with Gasteiger partial charge in [0.25, 0.3) is 0 Å². The molecule has 0 bridgehead atoms. The van der Waals surface area contributed by atoms with Crippen molar-refractivity contribution >= 4 is 24.5 Å². The van der Waals surface area contributed by atoms with Crippen LogP contribution in [0.15, 0.2) is 17.1 Å². The van der Waals surface area contributed by atoms with Crippen LogP contribution in [0.2, 0.25) is 0 Å². The highest BCUT2D eigenvalue weighted by Gasteiger charge is 2.20. The fraction of sp³-hybridized carbons (Fsp3) is 0.222. The molecule has 0 spiro atoms. The van der Waals surface area contributed by atoms with E-state index in [1.165, 1.54) is 6.07 Å². The van der Waals surface area contributed by atoms with Crippen molar-refractivity contribution in [2.75, 3.05) is 0 Å². The van der Waals surface area contributed by atoms with Gasteiger partial charge in [-0.1, -0.05) is 0 Å². The van der Waals surface area contributed by atoms with Crippen LogP contribution in [0.5, 0.6) is 5.75 Å². The van der Waals surface area contributed by atoms with Gasteiger partial charge in [-0.2, -0.15) is 0 Å². The Balaban J connectivity index is 2.60. The number of phenols is 1. The van der Waals surface area contributed by atoms with Gasteiger partial charge >= 0.3 is 7.12 Å². The van der Waals surface area contributed by atoms with Crippen LogP contribution in [-0.4, -0.2) is 28.5 Å². The molecule has 1 aliphatic rings. The molecule has 0 saturated heterocycles. The first-order chi connectivity index (χ1) is 6.68. The lowest BCUT2D eigenvalue weighted by Crippen LogP contribution is -2.31. The van der Waals surface area contributed by atoms with Crippen LogP contribution < -0.4 is 5.46 Å². The van der Waals surface area contributed by atoms with E-state index in [4.69, 9.17) is 10.0 Å². The summed E-state index contributed by atoms with van der Waals surface area (Å²) in [5.41, 5.74) is 1.69. The number of benzene rings is 1. The second kappa shape index (κ2) is 3.44. The molecule has 2 rings (SSSR count). The summed E-state index contributed by atoms with van der Waals surface area (Å²) < 4.78 is 0. The summed E-state index contributed by atoms with van der Waals surface area (Å²) in [4.78, 5) is 4.10. The van der Waals surface area contributed by atoms with Gasteiger partial charge < -0.3 is 15.2 Å². The number of rotatable bonds is 1. The molecule has 3 N–H and O–H groups in total. The van der Waals surface area contributed by atoms with Crippen molar-refractivity contribution in [2.45, 2.75) is 12.8 Å². The van der Waals surface area contributed by atoms with Crippen molar-refractivity contribution in [1.29, 1.82) is 0 Å². The molecular weight excluding hydrogens is 181 g/mol. The molecule has 0 fully saturated rings. The first-order valence-corrected chi connectivity index (χ1v) is 4.43. The monoisotopic (exact) mass is 191 g/mol. The Morgan fingerprint density at radius 3 is 2.79 bits per heavy atom. The Hall–Kier alpha value is -1.33. The Morgan fingerprint density at radius 2 is 2.07 bits per heavy atom. The summed E-state index contributed by atoms with van der Waals surface area (Å²) in [6.07, 6.45) is 3.33. The first kappa shape index (κ1) is 9.24. The molecule has 14 heavy (non-hydrogen) atoms. The third kappa shape index (κ3) is 1.52. The standard InChI is InChI=1S/C9H10BNO3/c12-7-4-6-2-1-3-11-9(6)8(5-7)10(13)14/h3-5,12-14H,1-2H2. The number of hydrogen-bond acceptors (Lipinski definition) is 4. The van der Waals surface area contributed by atoms with Crippen molar-refractivity contribution < 1.29 is 15.2 Å². The van der Waals surface area contributed by atoms with E-state index in [9.17, 15) is 5.11 Å². The molecule has 0 unspecified atom stereocenters. The van der Waals surface area contributed by atoms with Crippen LogP contribution in [-0.2, 0) is 6.42 Å². The summed E-state index contributed by atoms with van der Waals surface area (Å²) in [5, 5.41) is 27.5. The number of aromatic hydroxyl groups is 1. The fourth-order valence-electron chi connectivity index (χ4n) is 1.62. The summed E-state index contributed by atoms with van der Waals surface area (Å²) in [7, 11) is -1.59. The summed E-state index contributed by atoms with van der Waals surface area (Å²) in [6, 6.07) is 2.93. The molecule has 0 amide bonds. The number of hydrogen-bond donors (Lipinski definition) is 3. The predicted octanol–water partition coefficient (Wildman–Crippen LogP) is -0.280. The van der Waals surface area contributed by atoms with Crippen molar-refractivity contribution in [3.8, 4) is 5.75 Å². The van der Waals surface area contributed by atoms with Crippen LogP contribution in [0.4, 0.5) is 5.69 Å². The van der Waals surface area contributed by atoms with Gasteiger partial charge in [0.1, 0.15) is 5.75 Å². The number of aryl methyl sites for hydroxylation is 1. The zero-order valence-electron chi connectivity index (χ0n) is 7.51. The highest BCUT2D eigenvalue weighted by atomic mass is 16.4. The Kier molecular flexibility index (Phi) is 2.27. The molecule has 1 aliphatic heterocycles. The SMILES string of the molecule is OB(O)c1cc(O)cc2c1N=CCC2. The van der Waals surface area contributed by atoms with E-state index in [2.05, 4.69) is 4.99 Å². The molecule has 1 aromatic rings. The van der Waals surface area contributed by atoms with Crippen molar-refractivity contribution in [1.82, 2.24) is 0 Å². The number of nitrogens with zero attached hydrogens (tertiary/aromatic N) is 1. The number of phenolic OH excluding ortho intramolecular Hbond substituents is 1. The van der Waals surface area contributed by atoms with Crippen LogP contribution >= 0.6 is 0 Å². The van der Waals surface area contributed by atoms with Gasteiger partial charge in [0.05, 0.1) is 5.69 Å². The zero-order chi connectivity index (χ0) is 10.1. The smallest absolute Gasteiger partial charge is 0.490 e. The van der Waals surface area contributed by atoms with Crippen LogP contribution in [0.1, 0.15) is 12.0 Å². The van der Waals surface area contributed by atoms with Gasteiger partial charge in [-0.25, -0.2) is 0 Å². The fourth-order valence-corrected chi connectivity index (χ4v) is 1.62. The summed E-state index contributed by atoms with van der Waals surface area (Å²) in [6.45, 7) is 0. The van der Waals surface area contributed by atoms with Crippen molar-refractivity contribution in [3.05, 3.63) is 17.7 Å².